The van der Waals surface area contributed by atoms with Crippen molar-refractivity contribution >= 4 is 11.7 Å². The molecule has 0 saturated heterocycles. The van der Waals surface area contributed by atoms with Crippen molar-refractivity contribution in [2.45, 2.75) is 39.2 Å². The lowest BCUT2D eigenvalue weighted by molar-refractivity contribution is 0.0918. The summed E-state index contributed by atoms with van der Waals surface area (Å²) in [5.74, 6) is 0.447. The Labute approximate surface area is 125 Å². The molecule has 1 aromatic carbocycles. The molecule has 116 valence electrons. The van der Waals surface area contributed by atoms with Crippen LogP contribution in [0.4, 0.5) is 0 Å². The number of carbonyl (C=O) groups excluding carboxylic acids is 1. The first-order valence-corrected chi connectivity index (χ1v) is 7.06. The quantitative estimate of drug-likeness (QED) is 0.310. The van der Waals surface area contributed by atoms with E-state index in [1.807, 2.05) is 20.8 Å². The van der Waals surface area contributed by atoms with E-state index >= 15 is 0 Å². The van der Waals surface area contributed by atoms with E-state index in [4.69, 9.17) is 15.7 Å². The van der Waals surface area contributed by atoms with E-state index in [1.54, 1.807) is 24.3 Å². The van der Waals surface area contributed by atoms with Gasteiger partial charge in [-0.15, -0.1) is 0 Å². The van der Waals surface area contributed by atoms with Gasteiger partial charge in [-0.05, 0) is 44.0 Å². The zero-order valence-electron chi connectivity index (χ0n) is 12.7. The number of ether oxygens (including phenoxy) is 1. The number of hydrogen-bond acceptors (Lipinski definition) is 4. The number of nitrogens with two attached hydrogens (primary N) is 1. The first kappa shape index (κ1) is 16.8. The van der Waals surface area contributed by atoms with Crippen molar-refractivity contribution < 1.29 is 14.7 Å². The van der Waals surface area contributed by atoms with Gasteiger partial charge in [0.1, 0.15) is 11.3 Å². The zero-order valence-corrected chi connectivity index (χ0v) is 12.7. The first-order chi connectivity index (χ1) is 10.0. The minimum Gasteiger partial charge on any atom is -0.494 e. The summed E-state index contributed by atoms with van der Waals surface area (Å²) in [6.07, 6.45) is 1.06. The van der Waals surface area contributed by atoms with Gasteiger partial charge in [0.15, 0.2) is 5.84 Å². The molecular weight excluding hydrogens is 270 g/mol. The molecule has 0 aliphatic carbocycles. The predicted octanol–water partition coefficient (Wildman–Crippen LogP) is 2.12. The van der Waals surface area contributed by atoms with Crippen molar-refractivity contribution in [3.63, 3.8) is 0 Å². The van der Waals surface area contributed by atoms with E-state index < -0.39 is 5.54 Å². The Bertz CT molecular complexity index is 493. The SMILES string of the molecule is CCOc1ccc(C(=O)NC(CC)(CC)/C(N)=N/O)cc1. The van der Waals surface area contributed by atoms with Gasteiger partial charge in [-0.3, -0.25) is 4.79 Å². The first-order valence-electron chi connectivity index (χ1n) is 7.06. The Hall–Kier alpha value is -2.24. The average Bonchev–Trinajstić information content (AvgIpc) is 2.52. The van der Waals surface area contributed by atoms with Crippen molar-refractivity contribution in [2.75, 3.05) is 6.61 Å². The molecule has 0 aromatic heterocycles. The van der Waals surface area contributed by atoms with Crippen molar-refractivity contribution in [3.8, 4) is 5.75 Å². The summed E-state index contributed by atoms with van der Waals surface area (Å²) < 4.78 is 5.34. The Morgan fingerprint density at radius 2 is 1.86 bits per heavy atom. The lowest BCUT2D eigenvalue weighted by Crippen LogP contribution is -2.56. The number of hydrogen-bond donors (Lipinski definition) is 3. The van der Waals surface area contributed by atoms with Gasteiger partial charge in [-0.1, -0.05) is 19.0 Å². The largest absolute Gasteiger partial charge is 0.494 e. The van der Waals surface area contributed by atoms with Crippen LogP contribution >= 0.6 is 0 Å². The normalized spacial score (nSPS) is 12.0. The molecule has 0 radical (unpaired) electrons. The molecule has 0 saturated carbocycles. The highest BCUT2D eigenvalue weighted by molar-refractivity contribution is 6.00. The van der Waals surface area contributed by atoms with E-state index in [0.29, 0.717) is 30.8 Å². The highest BCUT2D eigenvalue weighted by Crippen LogP contribution is 2.18. The third-order valence-corrected chi connectivity index (χ3v) is 3.59. The summed E-state index contributed by atoms with van der Waals surface area (Å²) in [7, 11) is 0. The van der Waals surface area contributed by atoms with E-state index in [0.717, 1.165) is 0 Å². The Balaban J connectivity index is 2.92. The third-order valence-electron chi connectivity index (χ3n) is 3.59. The summed E-state index contributed by atoms with van der Waals surface area (Å²) in [4.78, 5) is 12.3. The third kappa shape index (κ3) is 3.87. The van der Waals surface area contributed by atoms with E-state index in [2.05, 4.69) is 10.5 Å². The van der Waals surface area contributed by atoms with Crippen molar-refractivity contribution in [3.05, 3.63) is 29.8 Å². The topological polar surface area (TPSA) is 96.9 Å². The molecular formula is C15H23N3O3. The predicted molar refractivity (Wildman–Crippen MR) is 81.8 cm³/mol. The number of amidine groups is 1. The fourth-order valence-corrected chi connectivity index (χ4v) is 2.11. The average molecular weight is 293 g/mol. The van der Waals surface area contributed by atoms with E-state index in [1.165, 1.54) is 0 Å². The summed E-state index contributed by atoms with van der Waals surface area (Å²) in [6.45, 7) is 6.22. The maximum absolute atomic E-state index is 12.3. The second-order valence-corrected chi connectivity index (χ2v) is 4.69. The monoisotopic (exact) mass is 293 g/mol. The van der Waals surface area contributed by atoms with Crippen molar-refractivity contribution in [1.82, 2.24) is 5.32 Å². The van der Waals surface area contributed by atoms with Gasteiger partial charge in [0.25, 0.3) is 5.91 Å². The molecule has 0 fully saturated rings. The lowest BCUT2D eigenvalue weighted by Gasteiger charge is -2.31. The summed E-state index contributed by atoms with van der Waals surface area (Å²) in [5.41, 5.74) is 5.38. The van der Waals surface area contributed by atoms with Crippen molar-refractivity contribution in [2.24, 2.45) is 10.9 Å². The van der Waals surface area contributed by atoms with Crippen LogP contribution in [-0.4, -0.2) is 29.1 Å². The molecule has 0 bridgehead atoms. The molecule has 0 heterocycles. The van der Waals surface area contributed by atoms with Gasteiger partial charge < -0.3 is 21.0 Å². The minimum atomic E-state index is -0.843. The molecule has 4 N–H and O–H groups in total. The number of amides is 1. The number of carbonyl (C=O) groups is 1. The minimum absolute atomic E-state index is 0.00628. The summed E-state index contributed by atoms with van der Waals surface area (Å²) in [6, 6.07) is 6.84. The molecule has 6 heteroatoms. The van der Waals surface area contributed by atoms with Crippen LogP contribution in [0.25, 0.3) is 0 Å². The van der Waals surface area contributed by atoms with Crippen LogP contribution in [-0.2, 0) is 0 Å². The molecule has 1 amide bonds. The molecule has 6 nitrogen and oxygen atoms in total. The fraction of sp³-hybridized carbons (Fsp3) is 0.467. The Morgan fingerprint density at radius 3 is 2.29 bits per heavy atom. The number of nitrogens with zero attached hydrogens (tertiary/aromatic N) is 1. The molecule has 0 unspecified atom stereocenters. The molecule has 0 aliphatic heterocycles. The van der Waals surface area contributed by atoms with Crippen LogP contribution in [0.2, 0.25) is 0 Å². The zero-order chi connectivity index (χ0) is 15.9. The van der Waals surface area contributed by atoms with Gasteiger partial charge in [-0.25, -0.2) is 0 Å². The van der Waals surface area contributed by atoms with Gasteiger partial charge in [0.05, 0.1) is 6.61 Å². The highest BCUT2D eigenvalue weighted by Gasteiger charge is 2.33. The second-order valence-electron chi connectivity index (χ2n) is 4.69. The second kappa shape index (κ2) is 7.52. The lowest BCUT2D eigenvalue weighted by atomic mass is 9.91. The standard InChI is InChI=1S/C15H23N3O3/c1-4-15(5-2,14(16)18-20)17-13(19)11-7-9-12(10-8-11)21-6-3/h7-10,20H,4-6H2,1-3H3,(H2,16,18)(H,17,19). The van der Waals surface area contributed by atoms with E-state index in [-0.39, 0.29) is 11.7 Å². The van der Waals surface area contributed by atoms with Crippen LogP contribution in [0.5, 0.6) is 5.75 Å². The summed E-state index contributed by atoms with van der Waals surface area (Å²) in [5, 5.41) is 14.8. The van der Waals surface area contributed by atoms with Gasteiger partial charge in [0.2, 0.25) is 0 Å². The van der Waals surface area contributed by atoms with Crippen LogP contribution in [0.3, 0.4) is 0 Å². The van der Waals surface area contributed by atoms with Gasteiger partial charge in [-0.2, -0.15) is 0 Å². The Morgan fingerprint density at radius 1 is 1.29 bits per heavy atom. The molecule has 1 aromatic rings. The van der Waals surface area contributed by atoms with Crippen LogP contribution < -0.4 is 15.8 Å². The van der Waals surface area contributed by atoms with Crippen LogP contribution in [0, 0.1) is 0 Å². The maximum Gasteiger partial charge on any atom is 0.252 e. The fourth-order valence-electron chi connectivity index (χ4n) is 2.11. The van der Waals surface area contributed by atoms with Gasteiger partial charge >= 0.3 is 0 Å². The number of rotatable bonds is 7. The molecule has 21 heavy (non-hydrogen) atoms. The van der Waals surface area contributed by atoms with E-state index in [9.17, 15) is 4.79 Å². The number of benzene rings is 1. The Kier molecular flexibility index (Phi) is 6.02. The molecule has 1 rings (SSSR count). The molecule has 0 atom stereocenters. The number of oxime groups is 1. The van der Waals surface area contributed by atoms with Gasteiger partial charge in [0, 0.05) is 5.56 Å². The molecule has 0 aliphatic rings. The maximum atomic E-state index is 12.3. The van der Waals surface area contributed by atoms with Crippen molar-refractivity contribution in [1.29, 1.82) is 0 Å². The van der Waals surface area contributed by atoms with Crippen LogP contribution in [0.15, 0.2) is 29.4 Å². The molecule has 0 spiro atoms. The number of nitrogens with one attached hydrogen (secondary N) is 1. The summed E-state index contributed by atoms with van der Waals surface area (Å²) >= 11 is 0. The van der Waals surface area contributed by atoms with Crippen LogP contribution in [0.1, 0.15) is 44.0 Å². The highest BCUT2D eigenvalue weighted by atomic mass is 16.5. The smallest absolute Gasteiger partial charge is 0.252 e.